The highest BCUT2D eigenvalue weighted by Crippen LogP contribution is 2.17. The zero-order chi connectivity index (χ0) is 45.8. The lowest BCUT2D eigenvalue weighted by Gasteiger charge is -2.18. The zero-order valence-corrected chi connectivity index (χ0v) is 42.6. The van der Waals surface area contributed by atoms with E-state index >= 15 is 0 Å². The van der Waals surface area contributed by atoms with Crippen molar-refractivity contribution in [2.75, 3.05) is 13.2 Å². The third kappa shape index (κ3) is 51.0. The number of hydrogen-bond donors (Lipinski definition) is 0. The van der Waals surface area contributed by atoms with Crippen LogP contribution in [0.3, 0.4) is 0 Å². The van der Waals surface area contributed by atoms with Gasteiger partial charge in [0.25, 0.3) is 0 Å². The maximum absolute atomic E-state index is 12.8. The van der Waals surface area contributed by atoms with Gasteiger partial charge in [0.2, 0.25) is 0 Å². The summed E-state index contributed by atoms with van der Waals surface area (Å²) in [7, 11) is 0. The quantitative estimate of drug-likeness (QED) is 0.0262. The van der Waals surface area contributed by atoms with Gasteiger partial charge in [0.1, 0.15) is 13.2 Å². The molecule has 0 aromatic carbocycles. The Bertz CT molecular complexity index is 978. The molecule has 0 N–H and O–H groups in total. The van der Waals surface area contributed by atoms with Crippen molar-refractivity contribution in [2.24, 2.45) is 0 Å². The molecule has 1 atom stereocenters. The SMILES string of the molecule is CCCCCCCCC/C=C\CCCCCCCC(=O)OC(COC(=O)CCCCCCCCC)COC(=O)CCCCCCCCCCCCCCCCCCCCCCCC. The van der Waals surface area contributed by atoms with Crippen molar-refractivity contribution < 1.29 is 28.6 Å². The van der Waals surface area contributed by atoms with Crippen molar-refractivity contribution in [2.45, 2.75) is 322 Å². The molecule has 0 rings (SSSR count). The van der Waals surface area contributed by atoms with Crippen LogP contribution in [0.1, 0.15) is 316 Å². The number of esters is 3. The summed E-state index contributed by atoms with van der Waals surface area (Å²) in [5.74, 6) is -0.864. The molecule has 0 saturated carbocycles. The molecule has 0 bridgehead atoms. The highest BCUT2D eigenvalue weighted by atomic mass is 16.6. The summed E-state index contributed by atoms with van der Waals surface area (Å²) >= 11 is 0. The van der Waals surface area contributed by atoms with Crippen molar-refractivity contribution in [3.63, 3.8) is 0 Å². The molecule has 6 nitrogen and oxygen atoms in total. The minimum atomic E-state index is -0.767. The van der Waals surface area contributed by atoms with Gasteiger partial charge in [-0.25, -0.2) is 0 Å². The summed E-state index contributed by atoms with van der Waals surface area (Å²) in [5, 5.41) is 0. The molecule has 0 saturated heterocycles. The summed E-state index contributed by atoms with van der Waals surface area (Å²) in [6.07, 6.45) is 59.4. The Hall–Kier alpha value is -1.85. The first-order valence-corrected chi connectivity index (χ1v) is 28.2. The summed E-state index contributed by atoms with van der Waals surface area (Å²) < 4.78 is 16.8. The molecule has 0 aromatic heterocycles. The van der Waals surface area contributed by atoms with Gasteiger partial charge in [-0.15, -0.1) is 0 Å². The van der Waals surface area contributed by atoms with Crippen LogP contribution in [0.5, 0.6) is 0 Å². The first-order valence-electron chi connectivity index (χ1n) is 28.2. The van der Waals surface area contributed by atoms with Crippen molar-refractivity contribution >= 4 is 17.9 Å². The number of allylic oxidation sites excluding steroid dienone is 2. The summed E-state index contributed by atoms with van der Waals surface area (Å²) in [6, 6.07) is 0. The number of hydrogen-bond acceptors (Lipinski definition) is 6. The van der Waals surface area contributed by atoms with Crippen LogP contribution in [-0.2, 0) is 28.6 Å². The second kappa shape index (κ2) is 52.8. The monoisotopic (exact) mass is 889 g/mol. The van der Waals surface area contributed by atoms with Crippen molar-refractivity contribution in [3.05, 3.63) is 12.2 Å². The highest BCUT2D eigenvalue weighted by molar-refractivity contribution is 5.71. The fraction of sp³-hybridized carbons (Fsp3) is 0.912. The standard InChI is InChI=1S/C57H108O6/c1-4-7-10-13-16-18-20-22-24-26-27-28-29-30-31-33-34-36-38-41-44-47-50-56(59)62-53-54(52-61-55(58)49-46-43-40-15-12-9-6-3)63-57(60)51-48-45-42-39-37-35-32-25-23-21-19-17-14-11-8-5-2/h25,32,54H,4-24,26-31,33-53H2,1-3H3/b32-25-. The molecule has 1 unspecified atom stereocenters. The predicted octanol–water partition coefficient (Wildman–Crippen LogP) is 18.5. The van der Waals surface area contributed by atoms with Crippen LogP contribution in [0.2, 0.25) is 0 Å². The molecule has 63 heavy (non-hydrogen) atoms. The van der Waals surface area contributed by atoms with Crippen molar-refractivity contribution in [1.82, 2.24) is 0 Å². The van der Waals surface area contributed by atoms with Crippen LogP contribution in [-0.4, -0.2) is 37.2 Å². The smallest absolute Gasteiger partial charge is 0.306 e. The Morgan fingerprint density at radius 1 is 0.302 bits per heavy atom. The van der Waals surface area contributed by atoms with Crippen molar-refractivity contribution in [1.29, 1.82) is 0 Å². The Morgan fingerprint density at radius 2 is 0.524 bits per heavy atom. The van der Waals surface area contributed by atoms with Crippen LogP contribution < -0.4 is 0 Å². The maximum atomic E-state index is 12.8. The number of unbranched alkanes of at least 4 members (excludes halogenated alkanes) is 39. The molecule has 0 heterocycles. The van der Waals surface area contributed by atoms with Gasteiger partial charge in [0, 0.05) is 19.3 Å². The summed E-state index contributed by atoms with van der Waals surface area (Å²) in [6.45, 7) is 6.64. The molecular weight excluding hydrogens is 781 g/mol. The molecule has 0 spiro atoms. The average Bonchev–Trinajstić information content (AvgIpc) is 3.28. The Balaban J connectivity index is 4.13. The second-order valence-corrected chi connectivity index (χ2v) is 19.2. The van der Waals surface area contributed by atoms with E-state index in [2.05, 4.69) is 32.9 Å². The van der Waals surface area contributed by atoms with Gasteiger partial charge in [-0.1, -0.05) is 264 Å². The highest BCUT2D eigenvalue weighted by Gasteiger charge is 2.19. The van der Waals surface area contributed by atoms with Crippen LogP contribution in [0, 0.1) is 0 Å². The van der Waals surface area contributed by atoms with Gasteiger partial charge in [-0.05, 0) is 44.9 Å². The molecule has 0 fully saturated rings. The average molecular weight is 889 g/mol. The van der Waals surface area contributed by atoms with Crippen LogP contribution >= 0.6 is 0 Å². The van der Waals surface area contributed by atoms with E-state index in [4.69, 9.17) is 14.2 Å². The Kier molecular flexibility index (Phi) is 51.2. The molecule has 0 amide bonds. The third-order valence-electron chi connectivity index (χ3n) is 12.8. The fourth-order valence-electron chi connectivity index (χ4n) is 8.50. The third-order valence-corrected chi connectivity index (χ3v) is 12.8. The molecule has 372 valence electrons. The molecule has 0 radical (unpaired) electrons. The maximum Gasteiger partial charge on any atom is 0.306 e. The van der Waals surface area contributed by atoms with Crippen molar-refractivity contribution in [3.8, 4) is 0 Å². The van der Waals surface area contributed by atoms with Gasteiger partial charge in [-0.2, -0.15) is 0 Å². The van der Waals surface area contributed by atoms with E-state index in [1.807, 2.05) is 0 Å². The Morgan fingerprint density at radius 3 is 0.794 bits per heavy atom. The number of rotatable bonds is 52. The van der Waals surface area contributed by atoms with Gasteiger partial charge < -0.3 is 14.2 Å². The largest absolute Gasteiger partial charge is 0.462 e. The van der Waals surface area contributed by atoms with Crippen LogP contribution in [0.4, 0.5) is 0 Å². The minimum Gasteiger partial charge on any atom is -0.462 e. The number of carbonyl (C=O) groups is 3. The lowest BCUT2D eigenvalue weighted by molar-refractivity contribution is -0.167. The lowest BCUT2D eigenvalue weighted by Crippen LogP contribution is -2.30. The Labute approximate surface area is 392 Å². The topological polar surface area (TPSA) is 78.9 Å². The number of carbonyl (C=O) groups excluding carboxylic acids is 3. The second-order valence-electron chi connectivity index (χ2n) is 19.2. The first kappa shape index (κ1) is 61.1. The van der Waals surface area contributed by atoms with Gasteiger partial charge >= 0.3 is 17.9 Å². The minimum absolute atomic E-state index is 0.0684. The molecule has 0 aliphatic rings. The lowest BCUT2D eigenvalue weighted by atomic mass is 10.0. The van der Waals surface area contributed by atoms with E-state index in [1.165, 1.54) is 212 Å². The van der Waals surface area contributed by atoms with Gasteiger partial charge in [0.05, 0.1) is 0 Å². The van der Waals surface area contributed by atoms with Gasteiger partial charge in [0.15, 0.2) is 6.10 Å². The molecule has 0 aromatic rings. The van der Waals surface area contributed by atoms with E-state index in [1.54, 1.807) is 0 Å². The van der Waals surface area contributed by atoms with E-state index in [9.17, 15) is 14.4 Å². The normalized spacial score (nSPS) is 12.0. The molecular formula is C57H108O6. The molecule has 6 heteroatoms. The molecule has 0 aliphatic carbocycles. The summed E-state index contributed by atoms with van der Waals surface area (Å²) in [5.41, 5.74) is 0. The number of ether oxygens (including phenoxy) is 3. The van der Waals surface area contributed by atoms with Crippen LogP contribution in [0.15, 0.2) is 12.2 Å². The van der Waals surface area contributed by atoms with Gasteiger partial charge in [-0.3, -0.25) is 14.4 Å². The van der Waals surface area contributed by atoms with E-state index in [0.29, 0.717) is 19.3 Å². The van der Waals surface area contributed by atoms with E-state index < -0.39 is 6.10 Å². The van der Waals surface area contributed by atoms with E-state index in [0.717, 1.165) is 64.2 Å². The first-order chi connectivity index (χ1) is 31.0. The fourth-order valence-corrected chi connectivity index (χ4v) is 8.50. The van der Waals surface area contributed by atoms with Crippen LogP contribution in [0.25, 0.3) is 0 Å². The zero-order valence-electron chi connectivity index (χ0n) is 42.6. The molecule has 0 aliphatic heterocycles. The van der Waals surface area contributed by atoms with E-state index in [-0.39, 0.29) is 31.1 Å². The summed E-state index contributed by atoms with van der Waals surface area (Å²) in [4.78, 5) is 37.9. The predicted molar refractivity (Wildman–Crippen MR) is 270 cm³/mol.